The van der Waals surface area contributed by atoms with E-state index in [1.807, 2.05) is 0 Å². The maximum absolute atomic E-state index is 9.94. The van der Waals surface area contributed by atoms with E-state index in [0.717, 1.165) is 4.90 Å². The van der Waals surface area contributed by atoms with Gasteiger partial charge in [0, 0.05) is 0 Å². The minimum atomic E-state index is -0.949. The number of carboxylic acid groups (broad SMARTS) is 1. The lowest BCUT2D eigenvalue weighted by Crippen LogP contribution is -2.52. The number of hydrogen-bond donors (Lipinski definition) is 2. The van der Waals surface area contributed by atoms with Crippen molar-refractivity contribution in [2.45, 2.75) is 6.10 Å². The van der Waals surface area contributed by atoms with Crippen LogP contribution in [0.5, 0.6) is 0 Å². The summed E-state index contributed by atoms with van der Waals surface area (Å²) in [5.74, 6) is 0. The molecular formula is C4H7NO3. The SMILES string of the molecule is O=C(O)N1CC(O)C1. The summed E-state index contributed by atoms with van der Waals surface area (Å²) in [4.78, 5) is 11.1. The molecule has 0 bridgehead atoms. The molecule has 0 spiro atoms. The van der Waals surface area contributed by atoms with Crippen molar-refractivity contribution >= 4 is 6.09 Å². The lowest BCUT2D eigenvalue weighted by atomic mass is 10.2. The van der Waals surface area contributed by atoms with E-state index in [4.69, 9.17) is 10.2 Å². The summed E-state index contributed by atoms with van der Waals surface area (Å²) in [7, 11) is 0. The zero-order valence-electron chi connectivity index (χ0n) is 4.24. The van der Waals surface area contributed by atoms with Crippen molar-refractivity contribution in [3.63, 3.8) is 0 Å². The number of likely N-dealkylation sites (tertiary alicyclic amines) is 1. The van der Waals surface area contributed by atoms with Crippen LogP contribution >= 0.6 is 0 Å². The molecule has 1 saturated heterocycles. The number of hydrogen-bond acceptors (Lipinski definition) is 2. The molecule has 1 rings (SSSR count). The van der Waals surface area contributed by atoms with Gasteiger partial charge in [-0.05, 0) is 0 Å². The van der Waals surface area contributed by atoms with E-state index in [1.54, 1.807) is 0 Å². The van der Waals surface area contributed by atoms with Gasteiger partial charge < -0.3 is 15.1 Å². The molecule has 1 aliphatic rings. The second kappa shape index (κ2) is 1.63. The third-order valence-corrected chi connectivity index (χ3v) is 1.13. The fraction of sp³-hybridized carbons (Fsp3) is 0.750. The summed E-state index contributed by atoms with van der Waals surface area (Å²) in [6, 6.07) is 0. The molecule has 1 heterocycles. The van der Waals surface area contributed by atoms with Crippen LogP contribution in [0, 0.1) is 0 Å². The number of rotatable bonds is 0. The smallest absolute Gasteiger partial charge is 0.407 e. The van der Waals surface area contributed by atoms with Crippen molar-refractivity contribution in [2.24, 2.45) is 0 Å². The first-order valence-electron chi connectivity index (χ1n) is 2.36. The Hall–Kier alpha value is -0.770. The average Bonchev–Trinajstić information content (AvgIpc) is 1.57. The van der Waals surface area contributed by atoms with Crippen LogP contribution in [-0.4, -0.2) is 40.4 Å². The Morgan fingerprint density at radius 1 is 1.62 bits per heavy atom. The molecule has 2 N–H and O–H groups in total. The summed E-state index contributed by atoms with van der Waals surface area (Å²) in [6.45, 7) is 0.546. The fourth-order valence-electron chi connectivity index (χ4n) is 0.612. The lowest BCUT2D eigenvalue weighted by molar-refractivity contribution is 0.00985. The molecule has 4 nitrogen and oxygen atoms in total. The molecule has 0 aromatic rings. The number of aliphatic hydroxyl groups excluding tert-OH is 1. The van der Waals surface area contributed by atoms with Gasteiger partial charge in [0.25, 0.3) is 0 Å². The van der Waals surface area contributed by atoms with Gasteiger partial charge in [-0.3, -0.25) is 0 Å². The minimum absolute atomic E-state index is 0.273. The van der Waals surface area contributed by atoms with Gasteiger partial charge in [0.05, 0.1) is 19.2 Å². The minimum Gasteiger partial charge on any atom is -0.465 e. The predicted molar refractivity (Wildman–Crippen MR) is 25.6 cm³/mol. The standard InChI is InChI=1S/C4H7NO3/c6-3-1-5(2-3)4(7)8/h3,6H,1-2H2,(H,7,8). The molecule has 0 radical (unpaired) electrons. The maximum atomic E-state index is 9.94. The topological polar surface area (TPSA) is 60.8 Å². The number of aliphatic hydroxyl groups is 1. The molecule has 1 fully saturated rings. The molecule has 1 amide bonds. The van der Waals surface area contributed by atoms with Crippen LogP contribution in [0.15, 0.2) is 0 Å². The van der Waals surface area contributed by atoms with Crippen molar-refractivity contribution in [1.82, 2.24) is 4.90 Å². The summed E-state index contributed by atoms with van der Waals surface area (Å²) >= 11 is 0. The molecule has 0 saturated carbocycles. The Balaban J connectivity index is 2.25. The number of β-amino-alcohol motifs (C(OH)–C–C–N with tert-alkyl or cyclic N) is 1. The molecule has 46 valence electrons. The average molecular weight is 117 g/mol. The van der Waals surface area contributed by atoms with Crippen LogP contribution in [0.4, 0.5) is 4.79 Å². The molecule has 0 aliphatic carbocycles. The van der Waals surface area contributed by atoms with Crippen molar-refractivity contribution in [3.8, 4) is 0 Å². The van der Waals surface area contributed by atoms with Crippen molar-refractivity contribution < 1.29 is 15.0 Å². The highest BCUT2D eigenvalue weighted by Gasteiger charge is 2.27. The third-order valence-electron chi connectivity index (χ3n) is 1.13. The molecule has 0 atom stereocenters. The highest BCUT2D eigenvalue weighted by atomic mass is 16.4. The van der Waals surface area contributed by atoms with Crippen LogP contribution in [-0.2, 0) is 0 Å². The van der Waals surface area contributed by atoms with E-state index < -0.39 is 12.2 Å². The first-order chi connectivity index (χ1) is 3.70. The summed E-state index contributed by atoms with van der Waals surface area (Å²) in [5, 5.41) is 16.7. The first kappa shape index (κ1) is 5.37. The van der Waals surface area contributed by atoms with E-state index in [9.17, 15) is 4.79 Å². The molecule has 0 unspecified atom stereocenters. The van der Waals surface area contributed by atoms with Gasteiger partial charge >= 0.3 is 6.09 Å². The number of amides is 1. The van der Waals surface area contributed by atoms with Gasteiger partial charge in [-0.2, -0.15) is 0 Å². The summed E-state index contributed by atoms with van der Waals surface area (Å²) < 4.78 is 0. The summed E-state index contributed by atoms with van der Waals surface area (Å²) in [6.07, 6.45) is -1.37. The molecular weight excluding hydrogens is 110 g/mol. The normalized spacial score (nSPS) is 20.4. The zero-order chi connectivity index (χ0) is 6.15. The van der Waals surface area contributed by atoms with Gasteiger partial charge in [0.2, 0.25) is 0 Å². The van der Waals surface area contributed by atoms with Gasteiger partial charge in [0.1, 0.15) is 0 Å². The quantitative estimate of drug-likeness (QED) is 0.443. The van der Waals surface area contributed by atoms with Crippen LogP contribution in [0.2, 0.25) is 0 Å². The van der Waals surface area contributed by atoms with Crippen LogP contribution in [0.3, 0.4) is 0 Å². The maximum Gasteiger partial charge on any atom is 0.407 e. The van der Waals surface area contributed by atoms with Crippen LogP contribution in [0.25, 0.3) is 0 Å². The molecule has 4 heteroatoms. The Morgan fingerprint density at radius 2 is 2.12 bits per heavy atom. The highest BCUT2D eigenvalue weighted by Crippen LogP contribution is 2.05. The van der Waals surface area contributed by atoms with Gasteiger partial charge in [-0.25, -0.2) is 4.79 Å². The van der Waals surface area contributed by atoms with E-state index in [-0.39, 0.29) is 13.1 Å². The van der Waals surface area contributed by atoms with Crippen molar-refractivity contribution in [3.05, 3.63) is 0 Å². The Morgan fingerprint density at radius 3 is 2.25 bits per heavy atom. The Labute approximate surface area is 46.3 Å². The Bertz CT molecular complexity index is 108. The predicted octanol–water partition coefficient (Wildman–Crippen LogP) is -0.659. The van der Waals surface area contributed by atoms with Gasteiger partial charge in [-0.1, -0.05) is 0 Å². The van der Waals surface area contributed by atoms with Gasteiger partial charge in [0.15, 0.2) is 0 Å². The van der Waals surface area contributed by atoms with E-state index in [1.165, 1.54) is 0 Å². The van der Waals surface area contributed by atoms with E-state index in [0.29, 0.717) is 0 Å². The van der Waals surface area contributed by atoms with Crippen LogP contribution in [0.1, 0.15) is 0 Å². The summed E-state index contributed by atoms with van der Waals surface area (Å²) in [5.41, 5.74) is 0. The lowest BCUT2D eigenvalue weighted by Gasteiger charge is -2.32. The first-order valence-corrected chi connectivity index (χ1v) is 2.36. The Kier molecular flexibility index (Phi) is 1.09. The monoisotopic (exact) mass is 117 g/mol. The van der Waals surface area contributed by atoms with E-state index >= 15 is 0 Å². The largest absolute Gasteiger partial charge is 0.465 e. The number of carbonyl (C=O) groups is 1. The van der Waals surface area contributed by atoms with Crippen LogP contribution < -0.4 is 0 Å². The van der Waals surface area contributed by atoms with Gasteiger partial charge in [-0.15, -0.1) is 0 Å². The zero-order valence-corrected chi connectivity index (χ0v) is 4.24. The third kappa shape index (κ3) is 0.742. The molecule has 1 aliphatic heterocycles. The second-order valence-electron chi connectivity index (χ2n) is 1.84. The van der Waals surface area contributed by atoms with Crippen molar-refractivity contribution in [1.29, 1.82) is 0 Å². The second-order valence-corrected chi connectivity index (χ2v) is 1.84. The fourth-order valence-corrected chi connectivity index (χ4v) is 0.612. The van der Waals surface area contributed by atoms with Crippen molar-refractivity contribution in [2.75, 3.05) is 13.1 Å². The number of nitrogens with zero attached hydrogens (tertiary/aromatic N) is 1. The van der Waals surface area contributed by atoms with E-state index in [2.05, 4.69) is 0 Å². The molecule has 8 heavy (non-hydrogen) atoms. The highest BCUT2D eigenvalue weighted by molar-refractivity contribution is 5.66. The molecule has 0 aromatic carbocycles. The molecule has 0 aromatic heterocycles.